The fourth-order valence-electron chi connectivity index (χ4n) is 5.00. The second kappa shape index (κ2) is 12.0. The molecule has 4 rings (SSSR count). The van der Waals surface area contributed by atoms with Gasteiger partial charge < -0.3 is 20.3 Å². The first-order chi connectivity index (χ1) is 19.3. The molecule has 1 atom stereocenters. The maximum absolute atomic E-state index is 13.4. The highest BCUT2D eigenvalue weighted by Gasteiger charge is 2.44. The van der Waals surface area contributed by atoms with Gasteiger partial charge in [-0.2, -0.15) is 0 Å². The standard InChI is InChI=1S/C34H39NO5S/c1-21(2)34(17-16-23-12-14-25(36)15-13-23)20-28(37)30(32(39)40-34)41-29-18-22(3)27(19-26(29)33(4,5)6)35-31(38)24-10-8-7-9-11-24/h7-15,18-19,21,36-37H,16-17,20H2,1-6H3,(H,35,38)/t34-/m0/s1. The molecule has 3 aromatic carbocycles. The zero-order valence-corrected chi connectivity index (χ0v) is 25.4. The lowest BCUT2D eigenvalue weighted by atomic mass is 9.80. The number of aliphatic hydroxyl groups excluding tert-OH is 1. The van der Waals surface area contributed by atoms with Gasteiger partial charge in [0.1, 0.15) is 22.0 Å². The summed E-state index contributed by atoms with van der Waals surface area (Å²) in [5.74, 6) is -0.503. The van der Waals surface area contributed by atoms with Gasteiger partial charge in [0, 0.05) is 22.6 Å². The van der Waals surface area contributed by atoms with Crippen molar-refractivity contribution >= 4 is 29.3 Å². The average molecular weight is 574 g/mol. The van der Waals surface area contributed by atoms with Gasteiger partial charge in [-0.15, -0.1) is 0 Å². The third kappa shape index (κ3) is 6.96. The Kier molecular flexibility index (Phi) is 8.88. The molecule has 0 aliphatic carbocycles. The lowest BCUT2D eigenvalue weighted by molar-refractivity contribution is -0.164. The Bertz CT molecular complexity index is 1450. The summed E-state index contributed by atoms with van der Waals surface area (Å²) in [6.45, 7) is 12.1. The Morgan fingerprint density at radius 1 is 1.05 bits per heavy atom. The Labute approximate surface area is 246 Å². The molecule has 0 unspecified atom stereocenters. The number of phenolic OH excluding ortho intramolecular Hbond substituents is 1. The number of carbonyl (C=O) groups is 2. The summed E-state index contributed by atoms with van der Waals surface area (Å²) < 4.78 is 6.13. The van der Waals surface area contributed by atoms with E-state index in [4.69, 9.17) is 4.74 Å². The number of phenols is 1. The van der Waals surface area contributed by atoms with Gasteiger partial charge in [0.2, 0.25) is 0 Å². The van der Waals surface area contributed by atoms with Crippen LogP contribution in [0.1, 0.15) is 74.5 Å². The molecular weight excluding hydrogens is 534 g/mol. The number of amides is 1. The van der Waals surface area contributed by atoms with E-state index in [0.717, 1.165) is 21.6 Å². The number of thioether (sulfide) groups is 1. The highest BCUT2D eigenvalue weighted by molar-refractivity contribution is 8.04. The molecule has 3 aromatic rings. The van der Waals surface area contributed by atoms with Crippen LogP contribution in [-0.4, -0.2) is 27.7 Å². The van der Waals surface area contributed by atoms with E-state index in [-0.39, 0.29) is 40.1 Å². The summed E-state index contributed by atoms with van der Waals surface area (Å²) in [5.41, 5.74) is 2.94. The van der Waals surface area contributed by atoms with E-state index in [1.807, 2.05) is 63.2 Å². The van der Waals surface area contributed by atoms with E-state index in [2.05, 4.69) is 26.1 Å². The predicted octanol–water partition coefficient (Wildman–Crippen LogP) is 8.09. The zero-order valence-electron chi connectivity index (χ0n) is 24.6. The number of hydrogen-bond donors (Lipinski definition) is 3. The molecule has 1 aliphatic heterocycles. The third-order valence-electron chi connectivity index (χ3n) is 7.67. The first kappa shape index (κ1) is 30.3. The summed E-state index contributed by atoms with van der Waals surface area (Å²) in [6, 6.07) is 20.0. The van der Waals surface area contributed by atoms with Crippen molar-refractivity contribution in [2.24, 2.45) is 5.92 Å². The van der Waals surface area contributed by atoms with Crippen LogP contribution in [0.3, 0.4) is 0 Å². The van der Waals surface area contributed by atoms with Crippen LogP contribution >= 0.6 is 11.8 Å². The number of carbonyl (C=O) groups excluding carboxylic acids is 2. The van der Waals surface area contributed by atoms with Gasteiger partial charge in [0.15, 0.2) is 0 Å². The molecule has 0 radical (unpaired) electrons. The number of ether oxygens (including phenoxy) is 1. The summed E-state index contributed by atoms with van der Waals surface area (Å²) in [5, 5.41) is 23.9. The van der Waals surface area contributed by atoms with Crippen LogP contribution in [-0.2, 0) is 21.4 Å². The Morgan fingerprint density at radius 2 is 1.71 bits per heavy atom. The summed E-state index contributed by atoms with van der Waals surface area (Å²) in [6.07, 6.45) is 1.42. The van der Waals surface area contributed by atoms with Crippen molar-refractivity contribution in [3.63, 3.8) is 0 Å². The maximum atomic E-state index is 13.4. The molecule has 0 fully saturated rings. The number of aryl methyl sites for hydroxylation is 2. The van der Waals surface area contributed by atoms with Crippen LogP contribution < -0.4 is 5.32 Å². The number of anilines is 1. The summed E-state index contributed by atoms with van der Waals surface area (Å²) >= 11 is 1.22. The predicted molar refractivity (Wildman–Crippen MR) is 164 cm³/mol. The number of rotatable bonds is 8. The van der Waals surface area contributed by atoms with Crippen molar-refractivity contribution in [1.82, 2.24) is 0 Å². The molecule has 6 nitrogen and oxygen atoms in total. The first-order valence-electron chi connectivity index (χ1n) is 13.9. The minimum atomic E-state index is -0.836. The minimum absolute atomic E-state index is 0.0165. The van der Waals surface area contributed by atoms with Crippen LogP contribution in [0.15, 0.2) is 82.3 Å². The fraction of sp³-hybridized carbons (Fsp3) is 0.353. The van der Waals surface area contributed by atoms with Crippen LogP contribution in [0.25, 0.3) is 0 Å². The minimum Gasteiger partial charge on any atom is -0.511 e. The van der Waals surface area contributed by atoms with Crippen molar-refractivity contribution in [3.05, 3.63) is 99.6 Å². The SMILES string of the molecule is Cc1cc(SC2=C(O)C[C@@](CCc3ccc(O)cc3)(C(C)C)OC2=O)c(C(C)(C)C)cc1NC(=O)c1ccccc1. The van der Waals surface area contributed by atoms with Gasteiger partial charge in [-0.1, -0.05) is 76.7 Å². The monoisotopic (exact) mass is 573 g/mol. The second-order valence-electron chi connectivity index (χ2n) is 12.1. The van der Waals surface area contributed by atoms with Gasteiger partial charge in [-0.3, -0.25) is 4.79 Å². The van der Waals surface area contributed by atoms with Gasteiger partial charge in [0.05, 0.1) is 0 Å². The molecule has 0 saturated heterocycles. The number of hydrogen-bond acceptors (Lipinski definition) is 6. The molecule has 0 spiro atoms. The van der Waals surface area contributed by atoms with E-state index in [0.29, 0.717) is 24.1 Å². The Hall–Kier alpha value is -3.71. The van der Waals surface area contributed by atoms with Gasteiger partial charge in [-0.25, -0.2) is 4.79 Å². The Balaban J connectivity index is 1.61. The lowest BCUT2D eigenvalue weighted by Crippen LogP contribution is -2.44. The molecule has 0 bridgehead atoms. The van der Waals surface area contributed by atoms with Crippen LogP contribution in [0.4, 0.5) is 5.69 Å². The number of aromatic hydroxyl groups is 1. The maximum Gasteiger partial charge on any atom is 0.349 e. The van der Waals surface area contributed by atoms with Crippen molar-refractivity contribution in [2.75, 3.05) is 5.32 Å². The number of nitrogens with one attached hydrogen (secondary N) is 1. The number of aliphatic hydroxyl groups is 1. The molecule has 1 aliphatic rings. The van der Waals surface area contributed by atoms with Gasteiger partial charge in [-0.05, 0) is 84.2 Å². The largest absolute Gasteiger partial charge is 0.511 e. The topological polar surface area (TPSA) is 95.9 Å². The second-order valence-corrected chi connectivity index (χ2v) is 13.1. The van der Waals surface area contributed by atoms with Crippen molar-refractivity contribution < 1.29 is 24.5 Å². The zero-order chi connectivity index (χ0) is 29.9. The smallest absolute Gasteiger partial charge is 0.349 e. The summed E-state index contributed by atoms with van der Waals surface area (Å²) in [7, 11) is 0. The van der Waals surface area contributed by atoms with E-state index in [1.165, 1.54) is 11.8 Å². The normalized spacial score (nSPS) is 17.5. The highest BCUT2D eigenvalue weighted by atomic mass is 32.2. The molecule has 0 saturated carbocycles. The van der Waals surface area contributed by atoms with Crippen LogP contribution in [0, 0.1) is 12.8 Å². The summed E-state index contributed by atoms with van der Waals surface area (Å²) in [4.78, 5) is 27.3. The molecular formula is C34H39NO5S. The van der Waals surface area contributed by atoms with Gasteiger partial charge >= 0.3 is 5.97 Å². The molecule has 7 heteroatoms. The molecule has 1 amide bonds. The molecule has 1 heterocycles. The molecule has 41 heavy (non-hydrogen) atoms. The van der Waals surface area contributed by atoms with Crippen LogP contribution in [0.2, 0.25) is 0 Å². The van der Waals surface area contributed by atoms with Crippen molar-refractivity contribution in [1.29, 1.82) is 0 Å². The van der Waals surface area contributed by atoms with Crippen molar-refractivity contribution in [2.45, 2.75) is 76.7 Å². The average Bonchev–Trinajstić information content (AvgIpc) is 2.91. The van der Waals surface area contributed by atoms with Gasteiger partial charge in [0.25, 0.3) is 5.91 Å². The van der Waals surface area contributed by atoms with E-state index in [1.54, 1.807) is 24.3 Å². The number of esters is 1. The van der Waals surface area contributed by atoms with E-state index < -0.39 is 11.6 Å². The van der Waals surface area contributed by atoms with E-state index in [9.17, 15) is 19.8 Å². The molecule has 0 aromatic heterocycles. The van der Waals surface area contributed by atoms with E-state index >= 15 is 0 Å². The highest BCUT2D eigenvalue weighted by Crippen LogP contribution is 2.46. The van der Waals surface area contributed by atoms with Crippen molar-refractivity contribution in [3.8, 4) is 5.75 Å². The number of cyclic esters (lactones) is 1. The third-order valence-corrected chi connectivity index (χ3v) is 8.83. The fourth-order valence-corrected chi connectivity index (χ4v) is 6.24. The molecule has 3 N–H and O–H groups in total. The molecule has 216 valence electrons. The van der Waals surface area contributed by atoms with Crippen LogP contribution in [0.5, 0.6) is 5.75 Å². The quantitative estimate of drug-likeness (QED) is 0.236. The lowest BCUT2D eigenvalue weighted by Gasteiger charge is -2.40. The first-order valence-corrected chi connectivity index (χ1v) is 14.7. The Morgan fingerprint density at radius 3 is 2.29 bits per heavy atom. The number of benzene rings is 3.